The molecule has 3 heterocycles. The minimum absolute atomic E-state index is 0.989. The van der Waals surface area contributed by atoms with E-state index in [1.165, 1.54) is 16.8 Å². The maximum Gasteiger partial charge on any atom is 0.0697 e. The Hall–Kier alpha value is -2.03. The Labute approximate surface area is 107 Å². The van der Waals surface area contributed by atoms with E-state index in [1.54, 1.807) is 0 Å². The molecule has 92 valence electrons. The second-order valence-corrected chi connectivity index (χ2v) is 4.48. The third-order valence-electron chi connectivity index (χ3n) is 3.35. The van der Waals surface area contributed by atoms with Gasteiger partial charge in [0.2, 0.25) is 0 Å². The summed E-state index contributed by atoms with van der Waals surface area (Å²) in [7, 11) is 0. The molecule has 0 aliphatic heterocycles. The van der Waals surface area contributed by atoms with E-state index in [2.05, 4.69) is 53.2 Å². The summed E-state index contributed by atoms with van der Waals surface area (Å²) in [5.74, 6) is 0. The monoisotopic (exact) mass is 239 g/mol. The largest absolute Gasteiger partial charge is 0.354 e. The summed E-state index contributed by atoms with van der Waals surface area (Å²) in [6.07, 6.45) is 8.26. The molecular formula is C15H17N3. The number of nitrogens with zero attached hydrogens (tertiary/aromatic N) is 3. The van der Waals surface area contributed by atoms with Gasteiger partial charge in [-0.2, -0.15) is 5.10 Å². The van der Waals surface area contributed by atoms with Crippen molar-refractivity contribution in [3.63, 3.8) is 0 Å². The fraction of sp³-hybridized carbons (Fsp3) is 0.267. The van der Waals surface area contributed by atoms with Gasteiger partial charge in [0.25, 0.3) is 0 Å². The fourth-order valence-corrected chi connectivity index (χ4v) is 2.42. The summed E-state index contributed by atoms with van der Waals surface area (Å²) in [5.41, 5.74) is 3.83. The molecule has 0 radical (unpaired) electrons. The Morgan fingerprint density at radius 1 is 1.06 bits per heavy atom. The smallest absolute Gasteiger partial charge is 0.0697 e. The highest BCUT2D eigenvalue weighted by atomic mass is 15.2. The number of aromatic nitrogens is 3. The van der Waals surface area contributed by atoms with Crippen molar-refractivity contribution in [1.29, 1.82) is 0 Å². The zero-order chi connectivity index (χ0) is 12.4. The fourth-order valence-electron chi connectivity index (χ4n) is 2.42. The van der Waals surface area contributed by atoms with Gasteiger partial charge in [0.1, 0.15) is 0 Å². The first-order chi connectivity index (χ1) is 8.88. The number of fused-ring (bicyclic) bond motifs is 1. The molecule has 0 atom stereocenters. The van der Waals surface area contributed by atoms with Crippen molar-refractivity contribution in [2.75, 3.05) is 0 Å². The SMILES string of the molecule is CCc1nn2ccccc2c1CCn1cccc1. The van der Waals surface area contributed by atoms with E-state index in [4.69, 9.17) is 0 Å². The lowest BCUT2D eigenvalue weighted by atomic mass is 10.1. The number of aryl methyl sites for hydroxylation is 3. The summed E-state index contributed by atoms with van der Waals surface area (Å²) >= 11 is 0. The van der Waals surface area contributed by atoms with E-state index >= 15 is 0 Å². The third kappa shape index (κ3) is 1.92. The van der Waals surface area contributed by atoms with Gasteiger partial charge in [-0.1, -0.05) is 13.0 Å². The zero-order valence-electron chi connectivity index (χ0n) is 10.6. The number of rotatable bonds is 4. The zero-order valence-corrected chi connectivity index (χ0v) is 10.6. The van der Waals surface area contributed by atoms with Crippen molar-refractivity contribution in [3.8, 4) is 0 Å². The standard InChI is InChI=1S/C15H17N3/c1-2-14-13(8-12-17-9-5-6-10-17)15-7-3-4-11-18(15)16-14/h3-7,9-11H,2,8,12H2,1H3. The molecule has 0 aromatic carbocycles. The van der Waals surface area contributed by atoms with Gasteiger partial charge in [0.05, 0.1) is 11.2 Å². The van der Waals surface area contributed by atoms with E-state index < -0.39 is 0 Å². The van der Waals surface area contributed by atoms with Gasteiger partial charge >= 0.3 is 0 Å². The van der Waals surface area contributed by atoms with Gasteiger partial charge in [-0.05, 0) is 37.1 Å². The van der Waals surface area contributed by atoms with Crippen LogP contribution in [0, 0.1) is 0 Å². The van der Waals surface area contributed by atoms with Gasteiger partial charge < -0.3 is 4.57 Å². The van der Waals surface area contributed by atoms with E-state index in [1.807, 2.05) is 16.8 Å². The summed E-state index contributed by atoms with van der Waals surface area (Å²) in [6, 6.07) is 10.4. The number of hydrogen-bond donors (Lipinski definition) is 0. The molecule has 3 heteroatoms. The molecule has 0 unspecified atom stereocenters. The maximum atomic E-state index is 4.64. The molecule has 0 N–H and O–H groups in total. The van der Waals surface area contributed by atoms with Crippen LogP contribution in [0.25, 0.3) is 5.52 Å². The molecule has 0 fully saturated rings. The van der Waals surface area contributed by atoms with Crippen LogP contribution in [-0.2, 0) is 19.4 Å². The average Bonchev–Trinajstić information content (AvgIpc) is 3.03. The van der Waals surface area contributed by atoms with Crippen LogP contribution < -0.4 is 0 Å². The van der Waals surface area contributed by atoms with Crippen molar-refractivity contribution in [1.82, 2.24) is 14.2 Å². The molecule has 0 aliphatic rings. The van der Waals surface area contributed by atoms with Crippen LogP contribution in [0.3, 0.4) is 0 Å². The molecule has 0 aliphatic carbocycles. The van der Waals surface area contributed by atoms with Crippen molar-refractivity contribution in [2.24, 2.45) is 0 Å². The van der Waals surface area contributed by atoms with Crippen LogP contribution in [0.4, 0.5) is 0 Å². The Morgan fingerprint density at radius 3 is 2.61 bits per heavy atom. The van der Waals surface area contributed by atoms with E-state index in [0.29, 0.717) is 0 Å². The molecule has 18 heavy (non-hydrogen) atoms. The topological polar surface area (TPSA) is 22.2 Å². The Balaban J connectivity index is 1.94. The Kier molecular flexibility index (Phi) is 2.89. The average molecular weight is 239 g/mol. The predicted octanol–water partition coefficient (Wildman–Crippen LogP) is 2.94. The highest BCUT2D eigenvalue weighted by Crippen LogP contribution is 2.17. The van der Waals surface area contributed by atoms with Crippen molar-refractivity contribution >= 4 is 5.52 Å². The van der Waals surface area contributed by atoms with Crippen molar-refractivity contribution in [2.45, 2.75) is 26.3 Å². The minimum atomic E-state index is 0.989. The first-order valence-corrected chi connectivity index (χ1v) is 6.44. The summed E-state index contributed by atoms with van der Waals surface area (Å²) in [5, 5.41) is 4.64. The summed E-state index contributed by atoms with van der Waals surface area (Å²) < 4.78 is 4.20. The molecular weight excluding hydrogens is 222 g/mol. The normalized spacial score (nSPS) is 11.2. The third-order valence-corrected chi connectivity index (χ3v) is 3.35. The van der Waals surface area contributed by atoms with Crippen LogP contribution in [0.15, 0.2) is 48.9 Å². The molecule has 3 aromatic heterocycles. The van der Waals surface area contributed by atoms with Crippen LogP contribution in [0.2, 0.25) is 0 Å². The van der Waals surface area contributed by atoms with Crippen molar-refractivity contribution < 1.29 is 0 Å². The van der Waals surface area contributed by atoms with Crippen LogP contribution in [-0.4, -0.2) is 14.2 Å². The summed E-state index contributed by atoms with van der Waals surface area (Å²) in [6.45, 7) is 3.18. The number of hydrogen-bond acceptors (Lipinski definition) is 1. The lowest BCUT2D eigenvalue weighted by molar-refractivity contribution is 0.699. The molecule has 0 bridgehead atoms. The maximum absolute atomic E-state index is 4.64. The second kappa shape index (κ2) is 4.69. The molecule has 3 rings (SSSR count). The van der Waals surface area contributed by atoms with Gasteiger partial charge in [-0.15, -0.1) is 0 Å². The molecule has 0 saturated heterocycles. The van der Waals surface area contributed by atoms with E-state index in [-0.39, 0.29) is 0 Å². The van der Waals surface area contributed by atoms with Gasteiger partial charge in [0, 0.05) is 30.7 Å². The van der Waals surface area contributed by atoms with Crippen LogP contribution >= 0.6 is 0 Å². The van der Waals surface area contributed by atoms with Gasteiger partial charge in [-0.3, -0.25) is 0 Å². The van der Waals surface area contributed by atoms with Gasteiger partial charge in [-0.25, -0.2) is 4.52 Å². The molecule has 3 nitrogen and oxygen atoms in total. The van der Waals surface area contributed by atoms with E-state index in [0.717, 1.165) is 19.4 Å². The van der Waals surface area contributed by atoms with Gasteiger partial charge in [0.15, 0.2) is 0 Å². The lowest BCUT2D eigenvalue weighted by Gasteiger charge is -2.03. The van der Waals surface area contributed by atoms with Crippen molar-refractivity contribution in [3.05, 3.63) is 60.2 Å². The highest BCUT2D eigenvalue weighted by Gasteiger charge is 2.10. The second-order valence-electron chi connectivity index (χ2n) is 4.48. The van der Waals surface area contributed by atoms with E-state index in [9.17, 15) is 0 Å². The number of pyridine rings is 1. The molecule has 0 amide bonds. The molecule has 0 spiro atoms. The van der Waals surface area contributed by atoms with Crippen LogP contribution in [0.1, 0.15) is 18.2 Å². The first-order valence-electron chi connectivity index (χ1n) is 6.44. The first kappa shape index (κ1) is 11.1. The molecule has 3 aromatic rings. The molecule has 0 saturated carbocycles. The lowest BCUT2D eigenvalue weighted by Crippen LogP contribution is -2.00. The minimum Gasteiger partial charge on any atom is -0.354 e. The summed E-state index contributed by atoms with van der Waals surface area (Å²) in [4.78, 5) is 0. The highest BCUT2D eigenvalue weighted by molar-refractivity contribution is 5.56. The quantitative estimate of drug-likeness (QED) is 0.686. The predicted molar refractivity (Wildman–Crippen MR) is 72.7 cm³/mol. The Bertz CT molecular complexity index is 635. The van der Waals surface area contributed by atoms with Crippen LogP contribution in [0.5, 0.6) is 0 Å². The Morgan fingerprint density at radius 2 is 1.83 bits per heavy atom.